The largest absolute Gasteiger partial charge is 0.491 e. The summed E-state index contributed by atoms with van der Waals surface area (Å²) in [5, 5.41) is 0. The molecule has 0 aliphatic carbocycles. The second kappa shape index (κ2) is 7.37. The predicted octanol–water partition coefficient (Wildman–Crippen LogP) is 4.86. The summed E-state index contributed by atoms with van der Waals surface area (Å²) in [6, 6.07) is 20.6. The van der Waals surface area contributed by atoms with Gasteiger partial charge in [0.25, 0.3) is 0 Å². The summed E-state index contributed by atoms with van der Waals surface area (Å²) >= 11 is 0. The Labute approximate surface area is 170 Å². The molecule has 2 heterocycles. The van der Waals surface area contributed by atoms with Crippen molar-refractivity contribution in [1.82, 2.24) is 9.38 Å². The molecule has 0 amide bonds. The Morgan fingerprint density at radius 1 is 0.897 bits per heavy atom. The van der Waals surface area contributed by atoms with Crippen molar-refractivity contribution in [2.24, 2.45) is 0 Å². The first kappa shape index (κ1) is 19.2. The number of ether oxygens (including phenoxy) is 1. The fourth-order valence-electron chi connectivity index (χ4n) is 3.30. The first-order valence-corrected chi connectivity index (χ1v) is 11.3. The van der Waals surface area contributed by atoms with E-state index < -0.39 is 9.84 Å². The summed E-state index contributed by atoms with van der Waals surface area (Å²) in [4.78, 5) is 5.12. The maximum Gasteiger partial charge on any atom is 0.175 e. The molecule has 4 rings (SSSR count). The minimum atomic E-state index is -3.24. The van der Waals surface area contributed by atoms with Gasteiger partial charge in [0.05, 0.1) is 22.4 Å². The molecule has 0 aliphatic rings. The molecule has 6 heteroatoms. The van der Waals surface area contributed by atoms with Gasteiger partial charge >= 0.3 is 0 Å². The molecule has 0 N–H and O–H groups in total. The van der Waals surface area contributed by atoms with Crippen molar-refractivity contribution in [2.75, 3.05) is 6.26 Å². The molecule has 2 aromatic carbocycles. The van der Waals surface area contributed by atoms with Gasteiger partial charge in [0.1, 0.15) is 11.4 Å². The average molecular weight is 407 g/mol. The smallest absolute Gasteiger partial charge is 0.175 e. The quantitative estimate of drug-likeness (QED) is 0.475. The minimum absolute atomic E-state index is 0.111. The van der Waals surface area contributed by atoms with Gasteiger partial charge in [-0.1, -0.05) is 18.2 Å². The van der Waals surface area contributed by atoms with Gasteiger partial charge < -0.3 is 4.74 Å². The number of imidazole rings is 1. The fraction of sp³-hybridized carbons (Fsp3) is 0.174. The van der Waals surface area contributed by atoms with E-state index in [0.29, 0.717) is 4.90 Å². The molecule has 0 aliphatic heterocycles. The molecule has 0 bridgehead atoms. The molecular weight excluding hydrogens is 384 g/mol. The molecule has 0 saturated heterocycles. The zero-order valence-electron chi connectivity index (χ0n) is 16.5. The van der Waals surface area contributed by atoms with Gasteiger partial charge in [-0.2, -0.15) is 0 Å². The van der Waals surface area contributed by atoms with Gasteiger partial charge in [-0.05, 0) is 62.4 Å². The highest BCUT2D eigenvalue weighted by Crippen LogP contribution is 2.34. The van der Waals surface area contributed by atoms with Crippen LogP contribution in [0.25, 0.3) is 28.2 Å². The Balaban J connectivity index is 1.85. The molecule has 0 fully saturated rings. The van der Waals surface area contributed by atoms with E-state index >= 15 is 0 Å². The molecule has 0 spiro atoms. The first-order valence-electron chi connectivity index (χ1n) is 9.37. The number of rotatable bonds is 5. The van der Waals surface area contributed by atoms with E-state index in [1.165, 1.54) is 6.26 Å². The Kier molecular flexibility index (Phi) is 4.88. The number of hydrogen-bond donors (Lipinski definition) is 0. The third-order valence-electron chi connectivity index (χ3n) is 4.59. The molecule has 29 heavy (non-hydrogen) atoms. The van der Waals surface area contributed by atoms with E-state index in [4.69, 9.17) is 9.72 Å². The Morgan fingerprint density at radius 2 is 1.55 bits per heavy atom. The van der Waals surface area contributed by atoms with Crippen LogP contribution in [0.4, 0.5) is 0 Å². The molecule has 0 unspecified atom stereocenters. The van der Waals surface area contributed by atoms with E-state index in [2.05, 4.69) is 0 Å². The van der Waals surface area contributed by atoms with E-state index in [1.54, 1.807) is 12.1 Å². The van der Waals surface area contributed by atoms with Crippen molar-refractivity contribution in [3.63, 3.8) is 0 Å². The summed E-state index contributed by atoms with van der Waals surface area (Å²) in [5.74, 6) is 0.812. The Hall–Kier alpha value is -3.12. The average Bonchev–Trinajstić information content (AvgIpc) is 3.07. The predicted molar refractivity (Wildman–Crippen MR) is 115 cm³/mol. The molecular formula is C23H22N2O3S. The molecule has 0 saturated carbocycles. The fourth-order valence-corrected chi connectivity index (χ4v) is 3.93. The lowest BCUT2D eigenvalue weighted by Crippen LogP contribution is -2.05. The molecule has 148 valence electrons. The molecule has 4 aromatic rings. The highest BCUT2D eigenvalue weighted by molar-refractivity contribution is 7.90. The van der Waals surface area contributed by atoms with Crippen molar-refractivity contribution in [3.05, 3.63) is 72.9 Å². The highest BCUT2D eigenvalue weighted by Gasteiger charge is 2.17. The van der Waals surface area contributed by atoms with Crippen LogP contribution >= 0.6 is 0 Å². The van der Waals surface area contributed by atoms with E-state index in [0.717, 1.165) is 33.9 Å². The van der Waals surface area contributed by atoms with Crippen molar-refractivity contribution in [2.45, 2.75) is 24.8 Å². The monoisotopic (exact) mass is 406 g/mol. The zero-order valence-corrected chi connectivity index (χ0v) is 17.3. The van der Waals surface area contributed by atoms with E-state index in [1.807, 2.05) is 79.0 Å². The number of pyridine rings is 1. The van der Waals surface area contributed by atoms with Crippen LogP contribution in [0.3, 0.4) is 0 Å². The lowest BCUT2D eigenvalue weighted by Gasteiger charge is -2.10. The second-order valence-electron chi connectivity index (χ2n) is 7.23. The number of nitrogens with zero attached hydrogens (tertiary/aromatic N) is 2. The van der Waals surface area contributed by atoms with Gasteiger partial charge in [-0.15, -0.1) is 0 Å². The number of fused-ring (bicyclic) bond motifs is 1. The maximum atomic E-state index is 11.8. The third-order valence-corrected chi connectivity index (χ3v) is 5.71. The van der Waals surface area contributed by atoms with Crippen molar-refractivity contribution in [3.8, 4) is 28.3 Å². The lowest BCUT2D eigenvalue weighted by molar-refractivity contribution is 0.242. The molecule has 5 nitrogen and oxygen atoms in total. The van der Waals surface area contributed by atoms with Crippen LogP contribution in [0.1, 0.15) is 13.8 Å². The molecule has 0 radical (unpaired) electrons. The van der Waals surface area contributed by atoms with Gasteiger partial charge in [0.15, 0.2) is 9.84 Å². The van der Waals surface area contributed by atoms with Crippen LogP contribution in [0.2, 0.25) is 0 Å². The molecule has 0 atom stereocenters. The van der Waals surface area contributed by atoms with Gasteiger partial charge in [0, 0.05) is 23.6 Å². The van der Waals surface area contributed by atoms with E-state index in [9.17, 15) is 8.42 Å². The number of benzene rings is 2. The number of sulfone groups is 1. The number of hydrogen-bond acceptors (Lipinski definition) is 4. The summed E-state index contributed by atoms with van der Waals surface area (Å²) in [7, 11) is -3.24. The standard InChI is InChI=1S/C23H22N2O3S/c1-16(2)28-19-11-7-17(8-12-19)22-23(25-15-5-4-6-21(25)24-22)18-9-13-20(14-10-18)29(3,26)27/h4-16H,1-3H3. The van der Waals surface area contributed by atoms with Crippen molar-refractivity contribution < 1.29 is 13.2 Å². The normalized spacial score (nSPS) is 11.9. The Bertz CT molecular complexity index is 1260. The SMILES string of the molecule is CC(C)Oc1ccc(-c2nc3ccccn3c2-c2ccc(S(C)(=O)=O)cc2)cc1. The van der Waals surface area contributed by atoms with Crippen LogP contribution < -0.4 is 4.74 Å². The van der Waals surface area contributed by atoms with Crippen LogP contribution in [-0.4, -0.2) is 30.2 Å². The van der Waals surface area contributed by atoms with Crippen molar-refractivity contribution >= 4 is 15.5 Å². The summed E-state index contributed by atoms with van der Waals surface area (Å²) < 4.78 is 31.4. The van der Waals surface area contributed by atoms with Gasteiger partial charge in [0.2, 0.25) is 0 Å². The van der Waals surface area contributed by atoms with Gasteiger partial charge in [-0.25, -0.2) is 13.4 Å². The van der Waals surface area contributed by atoms with E-state index in [-0.39, 0.29) is 6.10 Å². The van der Waals surface area contributed by atoms with Crippen molar-refractivity contribution in [1.29, 1.82) is 0 Å². The third kappa shape index (κ3) is 3.89. The highest BCUT2D eigenvalue weighted by atomic mass is 32.2. The van der Waals surface area contributed by atoms with Crippen LogP contribution in [0, 0.1) is 0 Å². The maximum absolute atomic E-state index is 11.8. The lowest BCUT2D eigenvalue weighted by atomic mass is 10.0. The molecule has 2 aromatic heterocycles. The first-order chi connectivity index (χ1) is 13.8. The topological polar surface area (TPSA) is 60.7 Å². The summed E-state index contributed by atoms with van der Waals surface area (Å²) in [6.07, 6.45) is 3.28. The minimum Gasteiger partial charge on any atom is -0.491 e. The Morgan fingerprint density at radius 3 is 2.17 bits per heavy atom. The zero-order chi connectivity index (χ0) is 20.6. The summed E-state index contributed by atoms with van der Waals surface area (Å²) in [5.41, 5.74) is 4.44. The number of aromatic nitrogens is 2. The second-order valence-corrected chi connectivity index (χ2v) is 9.24. The van der Waals surface area contributed by atoms with Gasteiger partial charge in [-0.3, -0.25) is 4.40 Å². The summed E-state index contributed by atoms with van der Waals surface area (Å²) in [6.45, 7) is 3.99. The van der Waals surface area contributed by atoms with Crippen LogP contribution in [0.15, 0.2) is 77.8 Å². The van der Waals surface area contributed by atoms with Crippen LogP contribution in [0.5, 0.6) is 5.75 Å². The van der Waals surface area contributed by atoms with Crippen LogP contribution in [-0.2, 0) is 9.84 Å².